The molecule has 3 aromatic heterocycles. The average molecular weight is 373 g/mol. The summed E-state index contributed by atoms with van der Waals surface area (Å²) in [5.41, 5.74) is 6.41. The lowest BCUT2D eigenvalue weighted by molar-refractivity contribution is 0.565. The van der Waals surface area contributed by atoms with Gasteiger partial charge < -0.3 is 4.57 Å². The van der Waals surface area contributed by atoms with Crippen molar-refractivity contribution in [3.63, 3.8) is 0 Å². The van der Waals surface area contributed by atoms with Gasteiger partial charge in [-0.25, -0.2) is 0 Å². The first-order valence-corrected chi connectivity index (χ1v) is 9.23. The lowest BCUT2D eigenvalue weighted by Crippen LogP contribution is -2.15. The first-order valence-electron chi connectivity index (χ1n) is 9.23. The van der Waals surface area contributed by atoms with E-state index in [0.29, 0.717) is 0 Å². The summed E-state index contributed by atoms with van der Waals surface area (Å²) in [5.74, 6) is 0. The van der Waals surface area contributed by atoms with Gasteiger partial charge in [0.25, 0.3) is 5.56 Å². The van der Waals surface area contributed by atoms with Crippen molar-refractivity contribution >= 4 is 0 Å². The maximum absolute atomic E-state index is 11.8. The molecule has 0 saturated heterocycles. The highest BCUT2D eigenvalue weighted by Crippen LogP contribution is 2.26. The third-order valence-electron chi connectivity index (χ3n) is 5.18. The summed E-state index contributed by atoms with van der Waals surface area (Å²) >= 11 is 0. The second-order valence-electron chi connectivity index (χ2n) is 7.23. The van der Waals surface area contributed by atoms with Crippen LogP contribution in [0.1, 0.15) is 24.1 Å². The fourth-order valence-electron chi connectivity index (χ4n) is 3.39. The Morgan fingerprint density at radius 2 is 1.61 bits per heavy atom. The topological polar surface area (TPSA) is 57.6 Å². The summed E-state index contributed by atoms with van der Waals surface area (Å²) in [6, 6.07) is 10.3. The summed E-state index contributed by atoms with van der Waals surface area (Å²) < 4.78 is 5.36. The number of aryl methyl sites for hydroxylation is 3. The molecule has 0 aliphatic heterocycles. The molecule has 0 amide bonds. The number of rotatable bonds is 4. The van der Waals surface area contributed by atoms with Gasteiger partial charge in [-0.2, -0.15) is 10.2 Å². The van der Waals surface area contributed by atoms with Crippen molar-refractivity contribution in [1.82, 2.24) is 24.1 Å². The molecule has 142 valence electrons. The fourth-order valence-corrected chi connectivity index (χ4v) is 3.39. The van der Waals surface area contributed by atoms with Crippen LogP contribution in [0.4, 0.5) is 0 Å². The summed E-state index contributed by atoms with van der Waals surface area (Å²) in [6.07, 6.45) is 9.63. The van der Waals surface area contributed by atoms with E-state index in [1.807, 2.05) is 49.6 Å². The molecular formula is C22H23N5O. The summed E-state index contributed by atoms with van der Waals surface area (Å²) in [5, 5.41) is 8.79. The fraction of sp³-hybridized carbons (Fsp3) is 0.227. The van der Waals surface area contributed by atoms with E-state index >= 15 is 0 Å². The molecule has 0 aliphatic rings. The van der Waals surface area contributed by atoms with Gasteiger partial charge in [-0.05, 0) is 30.5 Å². The Labute approximate surface area is 163 Å². The monoisotopic (exact) mass is 373 g/mol. The van der Waals surface area contributed by atoms with Crippen molar-refractivity contribution in [3.05, 3.63) is 82.8 Å². The van der Waals surface area contributed by atoms with Crippen LogP contribution in [-0.2, 0) is 14.1 Å². The van der Waals surface area contributed by atoms with E-state index in [9.17, 15) is 4.79 Å². The molecule has 0 fully saturated rings. The van der Waals surface area contributed by atoms with Crippen LogP contribution in [0.25, 0.3) is 22.3 Å². The molecule has 0 spiro atoms. The molecule has 0 radical (unpaired) electrons. The van der Waals surface area contributed by atoms with Gasteiger partial charge in [0.1, 0.15) is 0 Å². The smallest absolute Gasteiger partial charge is 0.250 e. The van der Waals surface area contributed by atoms with Crippen LogP contribution < -0.4 is 5.56 Å². The van der Waals surface area contributed by atoms with Gasteiger partial charge in [0.05, 0.1) is 18.4 Å². The summed E-state index contributed by atoms with van der Waals surface area (Å²) in [4.78, 5) is 11.8. The lowest BCUT2D eigenvalue weighted by Gasteiger charge is -2.13. The van der Waals surface area contributed by atoms with Crippen LogP contribution in [-0.4, -0.2) is 24.1 Å². The molecule has 3 heterocycles. The molecule has 1 atom stereocenters. The van der Waals surface area contributed by atoms with Crippen LogP contribution in [0, 0.1) is 6.92 Å². The third-order valence-corrected chi connectivity index (χ3v) is 5.18. The minimum absolute atomic E-state index is 0.00397. The SMILES string of the molecule is Cc1cc(=O)n(C)cc1-c1cnn(C(C)c2ccc(-c3cnn(C)c3)cc2)c1. The number of hydrogen-bond donors (Lipinski definition) is 0. The molecule has 0 bridgehead atoms. The summed E-state index contributed by atoms with van der Waals surface area (Å²) in [7, 11) is 3.68. The molecule has 0 N–H and O–H groups in total. The molecule has 1 aromatic carbocycles. The van der Waals surface area contributed by atoms with E-state index < -0.39 is 0 Å². The zero-order valence-corrected chi connectivity index (χ0v) is 16.5. The van der Waals surface area contributed by atoms with Gasteiger partial charge in [0.2, 0.25) is 0 Å². The Kier molecular flexibility index (Phi) is 4.47. The van der Waals surface area contributed by atoms with E-state index in [4.69, 9.17) is 0 Å². The van der Waals surface area contributed by atoms with E-state index in [-0.39, 0.29) is 11.6 Å². The van der Waals surface area contributed by atoms with E-state index in [1.54, 1.807) is 22.4 Å². The van der Waals surface area contributed by atoms with Gasteiger partial charge in [0.15, 0.2) is 0 Å². The van der Waals surface area contributed by atoms with E-state index in [1.165, 1.54) is 5.56 Å². The van der Waals surface area contributed by atoms with Gasteiger partial charge in [-0.15, -0.1) is 0 Å². The molecular weight excluding hydrogens is 350 g/mol. The highest BCUT2D eigenvalue weighted by molar-refractivity contribution is 5.65. The molecule has 4 aromatic rings. The Morgan fingerprint density at radius 1 is 0.893 bits per heavy atom. The van der Waals surface area contributed by atoms with Gasteiger partial charge in [-0.1, -0.05) is 24.3 Å². The van der Waals surface area contributed by atoms with Crippen LogP contribution in [0.15, 0.2) is 66.1 Å². The Hall–Kier alpha value is -3.41. The molecule has 6 heteroatoms. The minimum atomic E-state index is -0.00397. The number of benzene rings is 1. The Balaban J connectivity index is 1.60. The van der Waals surface area contributed by atoms with E-state index in [2.05, 4.69) is 41.4 Å². The van der Waals surface area contributed by atoms with Crippen molar-refractivity contribution < 1.29 is 0 Å². The third kappa shape index (κ3) is 3.29. The summed E-state index contributed by atoms with van der Waals surface area (Å²) in [6.45, 7) is 4.08. The first kappa shape index (κ1) is 18.0. The van der Waals surface area contributed by atoms with Crippen LogP contribution in [0.3, 0.4) is 0 Å². The molecule has 0 saturated carbocycles. The lowest BCUT2D eigenvalue weighted by atomic mass is 10.0. The largest absolute Gasteiger partial charge is 0.318 e. The maximum Gasteiger partial charge on any atom is 0.250 e. The zero-order chi connectivity index (χ0) is 19.8. The van der Waals surface area contributed by atoms with Crippen LogP contribution in [0.2, 0.25) is 0 Å². The Morgan fingerprint density at radius 3 is 2.29 bits per heavy atom. The van der Waals surface area contributed by atoms with Crippen molar-refractivity contribution in [3.8, 4) is 22.3 Å². The predicted octanol–water partition coefficient (Wildman–Crippen LogP) is 3.57. The number of pyridine rings is 1. The molecule has 1 unspecified atom stereocenters. The average Bonchev–Trinajstić information content (AvgIpc) is 3.34. The van der Waals surface area contributed by atoms with Crippen molar-refractivity contribution in [2.24, 2.45) is 14.1 Å². The van der Waals surface area contributed by atoms with Gasteiger partial charge in [-0.3, -0.25) is 14.2 Å². The molecule has 6 nitrogen and oxygen atoms in total. The van der Waals surface area contributed by atoms with Crippen LogP contribution >= 0.6 is 0 Å². The van der Waals surface area contributed by atoms with Crippen molar-refractivity contribution in [2.45, 2.75) is 19.9 Å². The molecule has 4 rings (SSSR count). The zero-order valence-electron chi connectivity index (χ0n) is 16.5. The second kappa shape index (κ2) is 6.96. The van der Waals surface area contributed by atoms with E-state index in [0.717, 1.165) is 27.8 Å². The maximum atomic E-state index is 11.8. The standard InChI is InChI=1S/C22H23N5O/c1-15-9-22(28)25(3)14-21(15)20-11-24-27(13-20)16(2)17-5-7-18(8-6-17)19-10-23-26(4)12-19/h5-14,16H,1-4H3. The van der Waals surface area contributed by atoms with Gasteiger partial charge in [0, 0.05) is 55.4 Å². The first-order chi connectivity index (χ1) is 13.4. The van der Waals surface area contributed by atoms with Crippen molar-refractivity contribution in [2.75, 3.05) is 0 Å². The minimum Gasteiger partial charge on any atom is -0.318 e. The van der Waals surface area contributed by atoms with Crippen molar-refractivity contribution in [1.29, 1.82) is 0 Å². The number of aromatic nitrogens is 5. The Bertz CT molecular complexity index is 1180. The highest BCUT2D eigenvalue weighted by Gasteiger charge is 2.12. The predicted molar refractivity (Wildman–Crippen MR) is 110 cm³/mol. The number of nitrogens with zero attached hydrogens (tertiary/aromatic N) is 5. The molecule has 0 aliphatic carbocycles. The highest BCUT2D eigenvalue weighted by atomic mass is 16.1. The van der Waals surface area contributed by atoms with Gasteiger partial charge >= 0.3 is 0 Å². The quantitative estimate of drug-likeness (QED) is 0.549. The molecule has 28 heavy (non-hydrogen) atoms. The normalized spacial score (nSPS) is 12.3. The van der Waals surface area contributed by atoms with Crippen LogP contribution in [0.5, 0.6) is 0 Å². The second-order valence-corrected chi connectivity index (χ2v) is 7.23. The number of hydrogen-bond acceptors (Lipinski definition) is 3.